The molecule has 0 unspecified atom stereocenters. The maximum Gasteiger partial charge on any atom is 0.0714 e. The van der Waals surface area contributed by atoms with E-state index < -0.39 is 0 Å². The second-order valence-electron chi connectivity index (χ2n) is 2.83. The number of nitrogens with zero attached hydrogens (tertiary/aromatic N) is 1. The lowest BCUT2D eigenvalue weighted by atomic mass is 10.3. The third-order valence-electron chi connectivity index (χ3n) is 1.82. The van der Waals surface area contributed by atoms with Crippen molar-refractivity contribution in [2.75, 3.05) is 33.3 Å². The highest BCUT2D eigenvalue weighted by atomic mass is 16.5. The number of hydrogen-bond donors (Lipinski definition) is 1. The van der Waals surface area contributed by atoms with Crippen LogP contribution in [0, 0.1) is 0 Å². The molecule has 10 heavy (non-hydrogen) atoms. The third kappa shape index (κ3) is 2.25. The Morgan fingerprint density at radius 2 is 2.50 bits per heavy atom. The Hall–Kier alpha value is -0.120. The van der Waals surface area contributed by atoms with Gasteiger partial charge in [0.25, 0.3) is 0 Å². The van der Waals surface area contributed by atoms with Crippen LogP contribution in [0.1, 0.15) is 6.42 Å². The van der Waals surface area contributed by atoms with E-state index in [9.17, 15) is 0 Å². The fourth-order valence-electron chi connectivity index (χ4n) is 1.27. The van der Waals surface area contributed by atoms with Crippen molar-refractivity contribution in [2.24, 2.45) is 5.73 Å². The summed E-state index contributed by atoms with van der Waals surface area (Å²) in [6, 6.07) is 0. The highest BCUT2D eigenvalue weighted by Crippen LogP contribution is 2.09. The van der Waals surface area contributed by atoms with Crippen LogP contribution < -0.4 is 5.73 Å². The van der Waals surface area contributed by atoms with Gasteiger partial charge in [-0.3, -0.25) is 0 Å². The Balaban J connectivity index is 2.06. The Morgan fingerprint density at radius 3 is 3.00 bits per heavy atom. The first kappa shape index (κ1) is 7.98. The van der Waals surface area contributed by atoms with E-state index in [0.29, 0.717) is 19.3 Å². The molecule has 60 valence electrons. The average Bonchev–Trinajstić information content (AvgIpc) is 2.31. The summed E-state index contributed by atoms with van der Waals surface area (Å²) in [5.74, 6) is 0. The standard InChI is InChI=1S/C7H16N2O/c1-9-4-2-7(6-9)10-5-3-8/h7H,2-6,8H2,1H3/t7-/m0/s1. The summed E-state index contributed by atoms with van der Waals surface area (Å²) in [5, 5.41) is 0. The van der Waals surface area contributed by atoms with Crippen LogP contribution in [0.2, 0.25) is 0 Å². The largest absolute Gasteiger partial charge is 0.376 e. The number of rotatable bonds is 3. The predicted octanol–water partition coefficient (Wildman–Crippen LogP) is -0.334. The summed E-state index contributed by atoms with van der Waals surface area (Å²) in [4.78, 5) is 2.28. The molecule has 0 aliphatic carbocycles. The zero-order chi connectivity index (χ0) is 7.40. The molecule has 0 radical (unpaired) electrons. The van der Waals surface area contributed by atoms with Crippen LogP contribution in [-0.2, 0) is 4.74 Å². The lowest BCUT2D eigenvalue weighted by Gasteiger charge is -2.10. The molecule has 1 atom stereocenters. The fourth-order valence-corrected chi connectivity index (χ4v) is 1.27. The van der Waals surface area contributed by atoms with Crippen molar-refractivity contribution in [3.8, 4) is 0 Å². The molecule has 1 saturated heterocycles. The summed E-state index contributed by atoms with van der Waals surface area (Å²) in [5.41, 5.74) is 5.30. The minimum absolute atomic E-state index is 0.438. The fraction of sp³-hybridized carbons (Fsp3) is 1.00. The summed E-state index contributed by atoms with van der Waals surface area (Å²) in [6.07, 6.45) is 1.60. The van der Waals surface area contributed by atoms with E-state index in [1.165, 1.54) is 0 Å². The molecule has 0 aromatic carbocycles. The Labute approximate surface area is 62.1 Å². The topological polar surface area (TPSA) is 38.5 Å². The molecule has 1 aliphatic heterocycles. The van der Waals surface area contributed by atoms with E-state index in [1.807, 2.05) is 0 Å². The normalized spacial score (nSPS) is 27.6. The minimum Gasteiger partial charge on any atom is -0.376 e. The molecule has 1 heterocycles. The van der Waals surface area contributed by atoms with Gasteiger partial charge in [-0.15, -0.1) is 0 Å². The van der Waals surface area contributed by atoms with Crippen molar-refractivity contribution in [2.45, 2.75) is 12.5 Å². The van der Waals surface area contributed by atoms with Gasteiger partial charge in [0.1, 0.15) is 0 Å². The maximum absolute atomic E-state index is 5.46. The van der Waals surface area contributed by atoms with E-state index in [2.05, 4.69) is 11.9 Å². The molecule has 0 amide bonds. The first-order valence-corrected chi connectivity index (χ1v) is 3.83. The maximum atomic E-state index is 5.46. The van der Waals surface area contributed by atoms with Gasteiger partial charge < -0.3 is 15.4 Å². The molecular weight excluding hydrogens is 128 g/mol. The van der Waals surface area contributed by atoms with Gasteiger partial charge in [-0.1, -0.05) is 0 Å². The Bertz CT molecular complexity index is 97.6. The van der Waals surface area contributed by atoms with Crippen LogP contribution in [-0.4, -0.2) is 44.3 Å². The molecule has 0 aromatic rings. The van der Waals surface area contributed by atoms with E-state index in [1.54, 1.807) is 0 Å². The van der Waals surface area contributed by atoms with E-state index >= 15 is 0 Å². The molecule has 2 N–H and O–H groups in total. The van der Waals surface area contributed by atoms with Crippen molar-refractivity contribution in [1.82, 2.24) is 4.90 Å². The van der Waals surface area contributed by atoms with Crippen LogP contribution in [0.4, 0.5) is 0 Å². The average molecular weight is 144 g/mol. The Morgan fingerprint density at radius 1 is 1.70 bits per heavy atom. The van der Waals surface area contributed by atoms with E-state index in [0.717, 1.165) is 19.5 Å². The van der Waals surface area contributed by atoms with Gasteiger partial charge in [0, 0.05) is 19.6 Å². The number of nitrogens with two attached hydrogens (primary N) is 1. The highest BCUT2D eigenvalue weighted by Gasteiger charge is 2.18. The monoisotopic (exact) mass is 144 g/mol. The van der Waals surface area contributed by atoms with Gasteiger partial charge in [-0.2, -0.15) is 0 Å². The molecule has 0 spiro atoms. The van der Waals surface area contributed by atoms with Crippen LogP contribution in [0.25, 0.3) is 0 Å². The smallest absolute Gasteiger partial charge is 0.0714 e. The quantitative estimate of drug-likeness (QED) is 0.589. The molecule has 0 bridgehead atoms. The van der Waals surface area contributed by atoms with E-state index in [-0.39, 0.29) is 0 Å². The minimum atomic E-state index is 0.438. The second kappa shape index (κ2) is 3.91. The summed E-state index contributed by atoms with van der Waals surface area (Å²) in [7, 11) is 2.12. The van der Waals surface area contributed by atoms with Crippen molar-refractivity contribution in [3.05, 3.63) is 0 Å². The number of likely N-dealkylation sites (N-methyl/N-ethyl adjacent to an activating group) is 1. The zero-order valence-corrected chi connectivity index (χ0v) is 6.55. The molecular formula is C7H16N2O. The first-order chi connectivity index (χ1) is 4.83. The van der Waals surface area contributed by atoms with Gasteiger partial charge in [0.2, 0.25) is 0 Å². The van der Waals surface area contributed by atoms with Crippen LogP contribution in [0.3, 0.4) is 0 Å². The summed E-state index contributed by atoms with van der Waals surface area (Å²) >= 11 is 0. The molecule has 1 fully saturated rings. The second-order valence-corrected chi connectivity index (χ2v) is 2.83. The lowest BCUT2D eigenvalue weighted by Crippen LogP contribution is -2.21. The van der Waals surface area contributed by atoms with Crippen molar-refractivity contribution in [1.29, 1.82) is 0 Å². The molecule has 1 rings (SSSR count). The van der Waals surface area contributed by atoms with Crippen LogP contribution in [0.15, 0.2) is 0 Å². The molecule has 3 nitrogen and oxygen atoms in total. The van der Waals surface area contributed by atoms with Crippen molar-refractivity contribution >= 4 is 0 Å². The molecule has 0 aromatic heterocycles. The SMILES string of the molecule is CN1CC[C@H](OCCN)C1. The van der Waals surface area contributed by atoms with Gasteiger partial charge >= 0.3 is 0 Å². The van der Waals surface area contributed by atoms with Gasteiger partial charge in [0.15, 0.2) is 0 Å². The lowest BCUT2D eigenvalue weighted by molar-refractivity contribution is 0.0666. The Kier molecular flexibility index (Phi) is 3.12. The summed E-state index contributed by atoms with van der Waals surface area (Å²) in [6.45, 7) is 3.58. The highest BCUT2D eigenvalue weighted by molar-refractivity contribution is 4.72. The van der Waals surface area contributed by atoms with Crippen molar-refractivity contribution in [3.63, 3.8) is 0 Å². The molecule has 1 aliphatic rings. The van der Waals surface area contributed by atoms with Crippen molar-refractivity contribution < 1.29 is 4.74 Å². The van der Waals surface area contributed by atoms with Crippen LogP contribution >= 0.6 is 0 Å². The van der Waals surface area contributed by atoms with E-state index in [4.69, 9.17) is 10.5 Å². The predicted molar refractivity (Wildman–Crippen MR) is 40.9 cm³/mol. The summed E-state index contributed by atoms with van der Waals surface area (Å²) < 4.78 is 5.46. The number of ether oxygens (including phenoxy) is 1. The molecule has 3 heteroatoms. The number of likely N-dealkylation sites (tertiary alicyclic amines) is 1. The van der Waals surface area contributed by atoms with Gasteiger partial charge in [-0.05, 0) is 13.5 Å². The number of hydrogen-bond acceptors (Lipinski definition) is 3. The zero-order valence-electron chi connectivity index (χ0n) is 6.55. The van der Waals surface area contributed by atoms with Gasteiger partial charge in [0.05, 0.1) is 12.7 Å². The molecule has 0 saturated carbocycles. The van der Waals surface area contributed by atoms with Gasteiger partial charge in [-0.25, -0.2) is 0 Å². The third-order valence-corrected chi connectivity index (χ3v) is 1.82. The van der Waals surface area contributed by atoms with Crippen LogP contribution in [0.5, 0.6) is 0 Å². The first-order valence-electron chi connectivity index (χ1n) is 3.83.